The fourth-order valence-corrected chi connectivity index (χ4v) is 2.32. The monoisotopic (exact) mass is 286 g/mol. The van der Waals surface area contributed by atoms with Gasteiger partial charge in [0.05, 0.1) is 17.1 Å². The average molecular weight is 286 g/mol. The minimum Gasteiger partial charge on any atom is -0.376 e. The van der Waals surface area contributed by atoms with Gasteiger partial charge in [-0.2, -0.15) is 8.42 Å². The first-order valence-electron chi connectivity index (χ1n) is 6.31. The van der Waals surface area contributed by atoms with Crippen molar-refractivity contribution in [1.82, 2.24) is 0 Å². The summed E-state index contributed by atoms with van der Waals surface area (Å²) in [6, 6.07) is 6.60. The van der Waals surface area contributed by atoms with E-state index in [9.17, 15) is 8.42 Å². The summed E-state index contributed by atoms with van der Waals surface area (Å²) in [6.07, 6.45) is 0.544. The molecule has 0 aliphatic heterocycles. The first kappa shape index (κ1) is 16.1. The van der Waals surface area contributed by atoms with Gasteiger partial charge in [0.15, 0.2) is 0 Å². The lowest BCUT2D eigenvalue weighted by Gasteiger charge is -2.19. The molecule has 0 atom stereocenters. The molecule has 19 heavy (non-hydrogen) atoms. The predicted molar refractivity (Wildman–Crippen MR) is 74.6 cm³/mol. The van der Waals surface area contributed by atoms with Crippen LogP contribution >= 0.6 is 0 Å². The lowest BCUT2D eigenvalue weighted by molar-refractivity contribution is -0.00742. The number of benzene rings is 1. The molecule has 0 saturated heterocycles. The number of ether oxygens (including phenoxy) is 1. The Labute approximate surface area is 115 Å². The molecule has 0 unspecified atom stereocenters. The topological polar surface area (TPSA) is 52.6 Å². The molecule has 1 aromatic rings. The molecular weight excluding hydrogens is 264 g/mol. The van der Waals surface area contributed by atoms with Crippen molar-refractivity contribution in [2.75, 3.05) is 13.2 Å². The molecule has 1 aromatic carbocycles. The van der Waals surface area contributed by atoms with Crippen LogP contribution in [0.5, 0.6) is 0 Å². The van der Waals surface area contributed by atoms with E-state index in [0.717, 1.165) is 5.56 Å². The third-order valence-corrected chi connectivity index (χ3v) is 3.70. The zero-order valence-electron chi connectivity index (χ0n) is 12.0. The Bertz CT molecular complexity index is 483. The second-order valence-electron chi connectivity index (χ2n) is 5.40. The second-order valence-corrected chi connectivity index (χ2v) is 7.02. The fourth-order valence-electron chi connectivity index (χ4n) is 1.38. The molecule has 0 aliphatic rings. The molecule has 0 N–H and O–H groups in total. The zero-order valence-corrected chi connectivity index (χ0v) is 12.8. The predicted octanol–water partition coefficient (Wildman–Crippen LogP) is 2.91. The van der Waals surface area contributed by atoms with Crippen LogP contribution < -0.4 is 0 Å². The van der Waals surface area contributed by atoms with Gasteiger partial charge in [-0.1, -0.05) is 17.7 Å². The summed E-state index contributed by atoms with van der Waals surface area (Å²) in [5, 5.41) is 0. The van der Waals surface area contributed by atoms with Gasteiger partial charge in [-0.15, -0.1) is 0 Å². The third kappa shape index (κ3) is 6.18. The van der Waals surface area contributed by atoms with Crippen LogP contribution in [0.15, 0.2) is 29.2 Å². The first-order valence-corrected chi connectivity index (χ1v) is 7.72. The lowest BCUT2D eigenvalue weighted by atomic mass is 10.2. The van der Waals surface area contributed by atoms with Crippen molar-refractivity contribution in [3.05, 3.63) is 29.8 Å². The minimum atomic E-state index is -3.65. The summed E-state index contributed by atoms with van der Waals surface area (Å²) >= 11 is 0. The number of hydrogen-bond acceptors (Lipinski definition) is 4. The molecule has 0 spiro atoms. The quantitative estimate of drug-likeness (QED) is 0.596. The molecule has 0 radical (unpaired) electrons. The maximum atomic E-state index is 11.8. The van der Waals surface area contributed by atoms with E-state index in [2.05, 4.69) is 0 Å². The molecule has 5 heteroatoms. The highest BCUT2D eigenvalue weighted by Crippen LogP contribution is 2.13. The maximum Gasteiger partial charge on any atom is 0.296 e. The summed E-state index contributed by atoms with van der Waals surface area (Å²) in [5.74, 6) is 0. The fraction of sp³-hybridized carbons (Fsp3) is 0.571. The number of rotatable bonds is 6. The van der Waals surface area contributed by atoms with Crippen LogP contribution in [0.4, 0.5) is 0 Å². The summed E-state index contributed by atoms with van der Waals surface area (Å²) in [5.41, 5.74) is 0.799. The number of hydrogen-bond donors (Lipinski definition) is 0. The van der Waals surface area contributed by atoms with Crippen LogP contribution in [0.3, 0.4) is 0 Å². The SMILES string of the molecule is Cc1ccc(S(=O)(=O)OCCCOC(C)(C)C)cc1. The Morgan fingerprint density at radius 3 is 2.16 bits per heavy atom. The van der Waals surface area contributed by atoms with Crippen LogP contribution in [0.1, 0.15) is 32.8 Å². The van der Waals surface area contributed by atoms with Crippen LogP contribution in [0.2, 0.25) is 0 Å². The van der Waals surface area contributed by atoms with E-state index in [1.54, 1.807) is 24.3 Å². The lowest BCUT2D eigenvalue weighted by Crippen LogP contribution is -2.20. The Morgan fingerprint density at radius 1 is 1.05 bits per heavy atom. The van der Waals surface area contributed by atoms with E-state index in [-0.39, 0.29) is 17.1 Å². The Balaban J connectivity index is 2.42. The van der Waals surface area contributed by atoms with Crippen molar-refractivity contribution in [2.45, 2.75) is 44.6 Å². The van der Waals surface area contributed by atoms with Gasteiger partial charge < -0.3 is 4.74 Å². The largest absolute Gasteiger partial charge is 0.376 e. The molecule has 0 amide bonds. The Morgan fingerprint density at radius 2 is 1.63 bits per heavy atom. The summed E-state index contributed by atoms with van der Waals surface area (Å²) in [6.45, 7) is 8.38. The third-order valence-electron chi connectivity index (χ3n) is 2.37. The van der Waals surface area contributed by atoms with Crippen molar-refractivity contribution < 1.29 is 17.3 Å². The van der Waals surface area contributed by atoms with Crippen LogP contribution in [-0.4, -0.2) is 27.2 Å². The minimum absolute atomic E-state index is 0.131. The molecule has 0 bridgehead atoms. The van der Waals surface area contributed by atoms with Gasteiger partial charge in [0, 0.05) is 6.61 Å². The van der Waals surface area contributed by atoms with Crippen LogP contribution in [-0.2, 0) is 19.0 Å². The van der Waals surface area contributed by atoms with Crippen molar-refractivity contribution in [3.8, 4) is 0 Å². The van der Waals surface area contributed by atoms with Crippen LogP contribution in [0.25, 0.3) is 0 Å². The molecular formula is C14H22O4S. The Kier molecular flexibility index (Phi) is 5.52. The highest BCUT2D eigenvalue weighted by molar-refractivity contribution is 7.86. The molecule has 1 rings (SSSR count). The van der Waals surface area contributed by atoms with Crippen molar-refractivity contribution in [1.29, 1.82) is 0 Å². The average Bonchev–Trinajstić information content (AvgIpc) is 2.27. The van der Waals surface area contributed by atoms with Gasteiger partial charge in [0.1, 0.15) is 0 Å². The summed E-state index contributed by atoms with van der Waals surface area (Å²) < 4.78 is 34.1. The van der Waals surface area contributed by atoms with Gasteiger partial charge in [-0.3, -0.25) is 4.18 Å². The van der Waals surface area contributed by atoms with Gasteiger partial charge in [-0.05, 0) is 46.2 Å². The normalized spacial score (nSPS) is 12.6. The van der Waals surface area contributed by atoms with E-state index in [0.29, 0.717) is 13.0 Å². The first-order chi connectivity index (χ1) is 8.71. The van der Waals surface area contributed by atoms with Gasteiger partial charge >= 0.3 is 0 Å². The van der Waals surface area contributed by atoms with E-state index in [1.807, 2.05) is 27.7 Å². The molecule has 108 valence electrons. The van der Waals surface area contributed by atoms with E-state index >= 15 is 0 Å². The highest BCUT2D eigenvalue weighted by Gasteiger charge is 2.15. The van der Waals surface area contributed by atoms with Crippen LogP contribution in [0, 0.1) is 6.92 Å². The van der Waals surface area contributed by atoms with Crippen molar-refractivity contribution >= 4 is 10.1 Å². The molecule has 0 aromatic heterocycles. The van der Waals surface area contributed by atoms with Crippen molar-refractivity contribution in [3.63, 3.8) is 0 Å². The standard InChI is InChI=1S/C14H22O4S/c1-12-6-8-13(9-7-12)19(15,16)18-11-5-10-17-14(2,3)4/h6-9H,5,10-11H2,1-4H3. The molecule has 0 aliphatic carbocycles. The van der Waals surface area contributed by atoms with Crippen molar-refractivity contribution in [2.24, 2.45) is 0 Å². The highest BCUT2D eigenvalue weighted by atomic mass is 32.2. The second kappa shape index (κ2) is 6.50. The molecule has 0 fully saturated rings. The van der Waals surface area contributed by atoms with Gasteiger partial charge in [0.2, 0.25) is 0 Å². The van der Waals surface area contributed by atoms with Gasteiger partial charge in [0.25, 0.3) is 10.1 Å². The van der Waals surface area contributed by atoms with E-state index < -0.39 is 10.1 Å². The summed E-state index contributed by atoms with van der Waals surface area (Å²) in [4.78, 5) is 0.190. The summed E-state index contributed by atoms with van der Waals surface area (Å²) in [7, 11) is -3.65. The van der Waals surface area contributed by atoms with E-state index in [1.165, 1.54) is 0 Å². The Hall–Kier alpha value is -0.910. The smallest absolute Gasteiger partial charge is 0.296 e. The molecule has 4 nitrogen and oxygen atoms in total. The molecule has 0 heterocycles. The number of aryl methyl sites for hydroxylation is 1. The maximum absolute atomic E-state index is 11.8. The van der Waals surface area contributed by atoms with E-state index in [4.69, 9.17) is 8.92 Å². The molecule has 0 saturated carbocycles. The zero-order chi connectivity index (χ0) is 14.5. The van der Waals surface area contributed by atoms with Gasteiger partial charge in [-0.25, -0.2) is 0 Å².